The van der Waals surface area contributed by atoms with Crippen molar-refractivity contribution in [3.05, 3.63) is 53.1 Å². The number of benzene rings is 2. The molecule has 0 saturated carbocycles. The second-order valence-corrected chi connectivity index (χ2v) is 11.5. The van der Waals surface area contributed by atoms with Gasteiger partial charge in [-0.05, 0) is 61.7 Å². The van der Waals surface area contributed by atoms with Crippen LogP contribution >= 0.6 is 11.3 Å². The third-order valence-corrected chi connectivity index (χ3v) is 7.94. The molecule has 0 radical (unpaired) electrons. The van der Waals surface area contributed by atoms with E-state index in [1.807, 2.05) is 6.92 Å². The van der Waals surface area contributed by atoms with Gasteiger partial charge in [0.05, 0.1) is 28.3 Å². The van der Waals surface area contributed by atoms with Gasteiger partial charge in [0.25, 0.3) is 5.91 Å². The van der Waals surface area contributed by atoms with Gasteiger partial charge in [0.15, 0.2) is 15.0 Å². The zero-order valence-corrected chi connectivity index (χ0v) is 20.8. The average molecular weight is 488 g/mol. The number of carbonyl (C=O) groups is 1. The minimum Gasteiger partial charge on any atom is -0.379 e. The molecule has 1 saturated heterocycles. The highest BCUT2D eigenvalue weighted by Crippen LogP contribution is 2.32. The zero-order chi connectivity index (χ0) is 23.6. The molecule has 33 heavy (non-hydrogen) atoms. The standard InChI is InChI=1S/C24H29N3O4S2/c1-17-15-18(2)22-21(16-17)32-24(25-22)27(10-4-9-26-11-13-31-14-12-26)23(28)19-5-7-20(8-6-19)33(3,29)30/h5-8,15-16H,4,9-14H2,1-3H3. The van der Waals surface area contributed by atoms with Crippen LogP contribution in [0, 0.1) is 13.8 Å². The van der Waals surface area contributed by atoms with E-state index in [1.54, 1.807) is 17.0 Å². The number of ether oxygens (including phenoxy) is 1. The Morgan fingerprint density at radius 2 is 1.85 bits per heavy atom. The summed E-state index contributed by atoms with van der Waals surface area (Å²) in [5.41, 5.74) is 3.61. The summed E-state index contributed by atoms with van der Waals surface area (Å²) in [5, 5.41) is 0.665. The van der Waals surface area contributed by atoms with Crippen molar-refractivity contribution < 1.29 is 17.9 Å². The number of thiazole rings is 1. The molecule has 0 spiro atoms. The van der Waals surface area contributed by atoms with Gasteiger partial charge in [0, 0.05) is 38.0 Å². The molecule has 1 aromatic heterocycles. The average Bonchev–Trinajstić information content (AvgIpc) is 3.20. The van der Waals surface area contributed by atoms with Crippen molar-refractivity contribution in [1.29, 1.82) is 0 Å². The van der Waals surface area contributed by atoms with Crippen molar-refractivity contribution >= 4 is 42.4 Å². The molecule has 3 aromatic rings. The van der Waals surface area contributed by atoms with E-state index >= 15 is 0 Å². The number of rotatable bonds is 7. The predicted octanol–water partition coefficient (Wildman–Crippen LogP) is 3.69. The van der Waals surface area contributed by atoms with Gasteiger partial charge in [-0.2, -0.15) is 0 Å². The summed E-state index contributed by atoms with van der Waals surface area (Å²) in [7, 11) is -3.32. The fourth-order valence-electron chi connectivity index (χ4n) is 4.04. The Kier molecular flexibility index (Phi) is 7.13. The van der Waals surface area contributed by atoms with Crippen molar-refractivity contribution in [1.82, 2.24) is 9.88 Å². The maximum absolute atomic E-state index is 13.5. The number of carbonyl (C=O) groups excluding carboxylic acids is 1. The Balaban J connectivity index is 1.61. The van der Waals surface area contributed by atoms with E-state index < -0.39 is 9.84 Å². The lowest BCUT2D eigenvalue weighted by atomic mass is 10.1. The third kappa shape index (κ3) is 5.60. The fourth-order valence-corrected chi connectivity index (χ4v) is 5.83. The molecular weight excluding hydrogens is 458 g/mol. The third-order valence-electron chi connectivity index (χ3n) is 5.78. The van der Waals surface area contributed by atoms with E-state index in [9.17, 15) is 13.2 Å². The summed E-state index contributed by atoms with van der Waals surface area (Å²) in [4.78, 5) is 22.6. The SMILES string of the molecule is Cc1cc(C)c2nc(N(CCCN3CCOCC3)C(=O)c3ccc(S(C)(=O)=O)cc3)sc2c1. The highest BCUT2D eigenvalue weighted by Gasteiger charge is 2.23. The minimum absolute atomic E-state index is 0.176. The number of morpholine rings is 1. The molecule has 2 aromatic carbocycles. The van der Waals surface area contributed by atoms with E-state index in [1.165, 1.54) is 23.5 Å². The molecule has 9 heteroatoms. The fraction of sp³-hybridized carbons (Fsp3) is 0.417. The lowest BCUT2D eigenvalue weighted by molar-refractivity contribution is 0.0376. The Labute approximate surface area is 198 Å². The number of amides is 1. The smallest absolute Gasteiger partial charge is 0.260 e. The number of aromatic nitrogens is 1. The van der Waals surface area contributed by atoms with Crippen LogP contribution in [-0.2, 0) is 14.6 Å². The first kappa shape index (κ1) is 23.8. The van der Waals surface area contributed by atoms with Gasteiger partial charge in [0.2, 0.25) is 0 Å². The number of anilines is 1. The molecular formula is C24H29N3O4S2. The Hall–Kier alpha value is -2.33. The summed E-state index contributed by atoms with van der Waals surface area (Å²) in [6.07, 6.45) is 1.97. The summed E-state index contributed by atoms with van der Waals surface area (Å²) < 4.78 is 30.1. The monoisotopic (exact) mass is 487 g/mol. The van der Waals surface area contributed by atoms with E-state index in [2.05, 4.69) is 24.0 Å². The first-order valence-corrected chi connectivity index (χ1v) is 13.7. The molecule has 1 fully saturated rings. The largest absolute Gasteiger partial charge is 0.379 e. The second-order valence-electron chi connectivity index (χ2n) is 8.49. The topological polar surface area (TPSA) is 79.8 Å². The Morgan fingerprint density at radius 3 is 2.52 bits per heavy atom. The van der Waals surface area contributed by atoms with Crippen LogP contribution in [0.1, 0.15) is 27.9 Å². The van der Waals surface area contributed by atoms with Crippen molar-refractivity contribution in [2.24, 2.45) is 0 Å². The zero-order valence-electron chi connectivity index (χ0n) is 19.2. The lowest BCUT2D eigenvalue weighted by Gasteiger charge is -2.27. The summed E-state index contributed by atoms with van der Waals surface area (Å²) in [5.74, 6) is -0.176. The highest BCUT2D eigenvalue weighted by atomic mass is 32.2. The van der Waals surface area contributed by atoms with E-state index in [0.717, 1.165) is 66.9 Å². The van der Waals surface area contributed by atoms with Crippen LogP contribution in [0.4, 0.5) is 5.13 Å². The number of aryl methyl sites for hydroxylation is 2. The minimum atomic E-state index is -3.32. The van der Waals surface area contributed by atoms with Gasteiger partial charge in [-0.3, -0.25) is 14.6 Å². The molecule has 7 nitrogen and oxygen atoms in total. The number of fused-ring (bicyclic) bond motifs is 1. The molecule has 0 atom stereocenters. The number of hydrogen-bond acceptors (Lipinski definition) is 7. The highest BCUT2D eigenvalue weighted by molar-refractivity contribution is 7.90. The van der Waals surface area contributed by atoms with Gasteiger partial charge < -0.3 is 4.74 Å². The molecule has 1 aliphatic rings. The summed E-state index contributed by atoms with van der Waals surface area (Å²) in [6, 6.07) is 10.3. The molecule has 0 unspecified atom stereocenters. The van der Waals surface area contributed by atoms with E-state index in [4.69, 9.17) is 9.72 Å². The maximum Gasteiger partial charge on any atom is 0.260 e. The van der Waals surface area contributed by atoms with E-state index in [-0.39, 0.29) is 10.8 Å². The molecule has 0 N–H and O–H groups in total. The second kappa shape index (κ2) is 9.89. The molecule has 4 rings (SSSR count). The normalized spacial score (nSPS) is 15.1. The molecule has 0 bridgehead atoms. The molecule has 0 aliphatic carbocycles. The Morgan fingerprint density at radius 1 is 1.15 bits per heavy atom. The van der Waals surface area contributed by atoms with Crippen molar-refractivity contribution in [2.45, 2.75) is 25.2 Å². The van der Waals surface area contributed by atoms with Gasteiger partial charge in [-0.25, -0.2) is 13.4 Å². The lowest BCUT2D eigenvalue weighted by Crippen LogP contribution is -2.39. The quantitative estimate of drug-likeness (QED) is 0.506. The van der Waals surface area contributed by atoms with Crippen LogP contribution in [0.3, 0.4) is 0 Å². The first-order chi connectivity index (χ1) is 15.7. The molecule has 176 valence electrons. The van der Waals surface area contributed by atoms with Crippen molar-refractivity contribution in [3.8, 4) is 0 Å². The summed E-state index contributed by atoms with van der Waals surface area (Å²) in [6.45, 7) is 8.79. The number of nitrogens with zero attached hydrogens (tertiary/aromatic N) is 3. The first-order valence-electron chi connectivity index (χ1n) is 11.0. The van der Waals surface area contributed by atoms with Crippen LogP contribution in [-0.4, -0.2) is 69.9 Å². The van der Waals surface area contributed by atoms with Crippen LogP contribution in [0.15, 0.2) is 41.3 Å². The molecule has 1 aliphatic heterocycles. The van der Waals surface area contributed by atoms with Crippen LogP contribution in [0.5, 0.6) is 0 Å². The Bertz CT molecular complexity index is 1250. The summed E-state index contributed by atoms with van der Waals surface area (Å²) >= 11 is 1.51. The van der Waals surface area contributed by atoms with E-state index in [0.29, 0.717) is 17.2 Å². The van der Waals surface area contributed by atoms with Crippen molar-refractivity contribution in [3.63, 3.8) is 0 Å². The maximum atomic E-state index is 13.5. The van der Waals surface area contributed by atoms with Crippen LogP contribution in [0.2, 0.25) is 0 Å². The van der Waals surface area contributed by atoms with Gasteiger partial charge in [0.1, 0.15) is 0 Å². The molecule has 1 amide bonds. The van der Waals surface area contributed by atoms with Gasteiger partial charge >= 0.3 is 0 Å². The van der Waals surface area contributed by atoms with Gasteiger partial charge in [-0.1, -0.05) is 17.4 Å². The van der Waals surface area contributed by atoms with Crippen molar-refractivity contribution in [2.75, 3.05) is 50.5 Å². The predicted molar refractivity (Wildman–Crippen MR) is 132 cm³/mol. The van der Waals surface area contributed by atoms with Gasteiger partial charge in [-0.15, -0.1) is 0 Å². The van der Waals surface area contributed by atoms with Crippen LogP contribution < -0.4 is 4.90 Å². The number of hydrogen-bond donors (Lipinski definition) is 0. The number of sulfone groups is 1. The molecule has 2 heterocycles. The van der Waals surface area contributed by atoms with Crippen LogP contribution in [0.25, 0.3) is 10.2 Å².